The molecule has 1 fully saturated rings. The van der Waals surface area contributed by atoms with E-state index in [-0.39, 0.29) is 23.1 Å². The average molecular weight is 486 g/mol. The molecular formula is C28H31N5O3. The van der Waals surface area contributed by atoms with Crippen molar-refractivity contribution in [2.45, 2.75) is 38.6 Å². The molecule has 1 aliphatic carbocycles. The first-order valence-electron chi connectivity index (χ1n) is 12.4. The van der Waals surface area contributed by atoms with Crippen LogP contribution >= 0.6 is 0 Å². The number of aryl methyl sites for hydroxylation is 1. The van der Waals surface area contributed by atoms with E-state index in [1.54, 1.807) is 12.1 Å². The zero-order valence-corrected chi connectivity index (χ0v) is 20.9. The largest absolute Gasteiger partial charge is 0.451 e. The minimum absolute atomic E-state index is 0.0526. The lowest BCUT2D eigenvalue weighted by Gasteiger charge is -2.29. The summed E-state index contributed by atoms with van der Waals surface area (Å²) in [5.41, 5.74) is 2.12. The van der Waals surface area contributed by atoms with Crippen LogP contribution in [0.15, 0.2) is 57.7 Å². The number of carbonyl (C=O) groups excluding carboxylic acids is 1. The van der Waals surface area contributed by atoms with Gasteiger partial charge in [0, 0.05) is 38.1 Å². The Balaban J connectivity index is 1.17. The van der Waals surface area contributed by atoms with Gasteiger partial charge >= 0.3 is 0 Å². The lowest BCUT2D eigenvalue weighted by atomic mass is 9.86. The highest BCUT2D eigenvalue weighted by atomic mass is 16.3. The molecule has 0 atom stereocenters. The number of amides is 1. The zero-order chi connectivity index (χ0) is 25.2. The van der Waals surface area contributed by atoms with Crippen LogP contribution in [0.2, 0.25) is 0 Å². The van der Waals surface area contributed by atoms with E-state index in [4.69, 9.17) is 14.4 Å². The van der Waals surface area contributed by atoms with Crippen molar-refractivity contribution in [3.8, 4) is 0 Å². The Hall–Kier alpha value is -3.94. The highest BCUT2D eigenvalue weighted by molar-refractivity contribution is 5.93. The molecule has 2 N–H and O–H groups in total. The third-order valence-electron chi connectivity index (χ3n) is 6.84. The fourth-order valence-corrected chi connectivity index (χ4v) is 4.86. The standard InChI is InChI=1S/C28H31N5O3/c1-17-8-13-24-21(14-17)23(34)15-25(36-24)27(35)29-16-18-9-11-19(12-10-18)30-28-31-22-7-5-4-6-20(22)26(32-28)33(2)3/h4-8,13-15,18-19H,9-12,16H2,1-3H3,(H,29,35)(H,30,31,32). The number of aromatic nitrogens is 2. The minimum atomic E-state index is -0.351. The summed E-state index contributed by atoms with van der Waals surface area (Å²) in [6.07, 6.45) is 3.90. The Kier molecular flexibility index (Phi) is 6.59. The lowest BCUT2D eigenvalue weighted by molar-refractivity contribution is 0.0916. The summed E-state index contributed by atoms with van der Waals surface area (Å²) < 4.78 is 5.70. The monoisotopic (exact) mass is 485 g/mol. The van der Waals surface area contributed by atoms with E-state index in [0.717, 1.165) is 48.0 Å². The molecule has 0 spiro atoms. The van der Waals surface area contributed by atoms with Gasteiger partial charge < -0.3 is 20.0 Å². The van der Waals surface area contributed by atoms with E-state index >= 15 is 0 Å². The third-order valence-corrected chi connectivity index (χ3v) is 6.84. The zero-order valence-electron chi connectivity index (χ0n) is 20.9. The summed E-state index contributed by atoms with van der Waals surface area (Å²) in [6, 6.07) is 15.0. The molecule has 0 bridgehead atoms. The molecule has 8 heteroatoms. The molecular weight excluding hydrogens is 454 g/mol. The molecule has 186 valence electrons. The molecule has 0 radical (unpaired) electrons. The first-order valence-corrected chi connectivity index (χ1v) is 12.4. The Bertz CT molecular complexity index is 1470. The second-order valence-electron chi connectivity index (χ2n) is 9.83. The van der Waals surface area contributed by atoms with Gasteiger partial charge in [-0.25, -0.2) is 4.98 Å². The Labute approximate surface area is 209 Å². The molecule has 0 aliphatic heterocycles. The molecule has 0 saturated heterocycles. The number of hydrogen-bond donors (Lipinski definition) is 2. The van der Waals surface area contributed by atoms with Gasteiger partial charge in [0.05, 0.1) is 10.9 Å². The number of rotatable bonds is 6. The quantitative estimate of drug-likeness (QED) is 0.414. The maximum atomic E-state index is 12.7. The van der Waals surface area contributed by atoms with E-state index in [1.807, 2.05) is 56.3 Å². The summed E-state index contributed by atoms with van der Waals surface area (Å²) in [5, 5.41) is 8.00. The van der Waals surface area contributed by atoms with Gasteiger partial charge in [0.15, 0.2) is 11.2 Å². The Morgan fingerprint density at radius 2 is 1.81 bits per heavy atom. The summed E-state index contributed by atoms with van der Waals surface area (Å²) >= 11 is 0. The molecule has 1 saturated carbocycles. The van der Waals surface area contributed by atoms with E-state index < -0.39 is 0 Å². The summed E-state index contributed by atoms with van der Waals surface area (Å²) in [5.74, 6) is 1.62. The smallest absolute Gasteiger partial charge is 0.287 e. The number of nitrogens with zero attached hydrogens (tertiary/aromatic N) is 3. The second kappa shape index (κ2) is 9.97. The fraction of sp³-hybridized carbons (Fsp3) is 0.357. The first kappa shape index (κ1) is 23.8. The molecule has 1 aliphatic rings. The van der Waals surface area contributed by atoms with Crippen LogP contribution in [0, 0.1) is 12.8 Å². The summed E-state index contributed by atoms with van der Waals surface area (Å²) in [4.78, 5) is 36.6. The van der Waals surface area contributed by atoms with Gasteiger partial charge in [0.2, 0.25) is 5.95 Å². The maximum absolute atomic E-state index is 12.7. The molecule has 0 unspecified atom stereocenters. The fourth-order valence-electron chi connectivity index (χ4n) is 4.86. The van der Waals surface area contributed by atoms with Crippen molar-refractivity contribution >= 4 is 39.5 Å². The molecule has 5 rings (SSSR count). The first-order chi connectivity index (χ1) is 17.4. The van der Waals surface area contributed by atoms with Crippen LogP contribution in [0.4, 0.5) is 11.8 Å². The number of para-hydroxylation sites is 1. The number of carbonyl (C=O) groups is 1. The van der Waals surface area contributed by atoms with Gasteiger partial charge in [0.25, 0.3) is 5.91 Å². The number of anilines is 2. The highest BCUT2D eigenvalue weighted by Crippen LogP contribution is 2.28. The lowest BCUT2D eigenvalue weighted by Crippen LogP contribution is -2.34. The van der Waals surface area contributed by atoms with Crippen molar-refractivity contribution in [2.75, 3.05) is 30.9 Å². The minimum Gasteiger partial charge on any atom is -0.451 e. The molecule has 8 nitrogen and oxygen atoms in total. The van der Waals surface area contributed by atoms with Crippen molar-refractivity contribution in [3.05, 3.63) is 70.1 Å². The normalized spacial score (nSPS) is 17.8. The van der Waals surface area contributed by atoms with E-state index in [9.17, 15) is 9.59 Å². The predicted octanol–water partition coefficient (Wildman–Crippen LogP) is 4.51. The molecule has 36 heavy (non-hydrogen) atoms. The average Bonchev–Trinajstić information content (AvgIpc) is 2.88. The van der Waals surface area contributed by atoms with Crippen LogP contribution in [0.3, 0.4) is 0 Å². The number of nitrogens with one attached hydrogen (secondary N) is 2. The van der Waals surface area contributed by atoms with Crippen LogP contribution in [-0.4, -0.2) is 42.6 Å². The number of hydrogen-bond acceptors (Lipinski definition) is 7. The topological polar surface area (TPSA) is 100 Å². The molecule has 2 aromatic heterocycles. The molecule has 1 amide bonds. The van der Waals surface area contributed by atoms with Crippen LogP contribution < -0.4 is 21.0 Å². The summed E-state index contributed by atoms with van der Waals surface area (Å²) in [7, 11) is 3.98. The Morgan fingerprint density at radius 1 is 1.03 bits per heavy atom. The van der Waals surface area contributed by atoms with Crippen molar-refractivity contribution in [1.29, 1.82) is 0 Å². The molecule has 2 aromatic carbocycles. The van der Waals surface area contributed by atoms with Crippen molar-refractivity contribution in [1.82, 2.24) is 15.3 Å². The van der Waals surface area contributed by atoms with E-state index in [2.05, 4.69) is 10.6 Å². The SMILES string of the molecule is Cc1ccc2oc(C(=O)NCC3CCC(Nc4nc(N(C)C)c5ccccc5n4)CC3)cc(=O)c2c1. The van der Waals surface area contributed by atoms with Gasteiger partial charge in [-0.3, -0.25) is 9.59 Å². The maximum Gasteiger partial charge on any atom is 0.287 e. The van der Waals surface area contributed by atoms with Crippen LogP contribution in [0.25, 0.3) is 21.9 Å². The van der Waals surface area contributed by atoms with Gasteiger partial charge in [-0.15, -0.1) is 0 Å². The third kappa shape index (κ3) is 5.03. The van der Waals surface area contributed by atoms with Crippen LogP contribution in [0.1, 0.15) is 41.8 Å². The van der Waals surface area contributed by atoms with Gasteiger partial charge in [-0.05, 0) is 62.8 Å². The van der Waals surface area contributed by atoms with Crippen LogP contribution in [-0.2, 0) is 0 Å². The van der Waals surface area contributed by atoms with Crippen molar-refractivity contribution in [3.63, 3.8) is 0 Å². The number of benzene rings is 2. The highest BCUT2D eigenvalue weighted by Gasteiger charge is 2.23. The van der Waals surface area contributed by atoms with Gasteiger partial charge in [0.1, 0.15) is 11.4 Å². The van der Waals surface area contributed by atoms with E-state index in [0.29, 0.717) is 29.4 Å². The molecule has 2 heterocycles. The second-order valence-corrected chi connectivity index (χ2v) is 9.83. The number of fused-ring (bicyclic) bond motifs is 2. The van der Waals surface area contributed by atoms with Crippen LogP contribution in [0.5, 0.6) is 0 Å². The van der Waals surface area contributed by atoms with Crippen molar-refractivity contribution in [2.24, 2.45) is 5.92 Å². The predicted molar refractivity (Wildman–Crippen MR) is 143 cm³/mol. The van der Waals surface area contributed by atoms with Gasteiger partial charge in [-0.1, -0.05) is 23.8 Å². The van der Waals surface area contributed by atoms with Crippen molar-refractivity contribution < 1.29 is 9.21 Å². The Morgan fingerprint density at radius 3 is 2.58 bits per heavy atom. The summed E-state index contributed by atoms with van der Waals surface area (Å²) in [6.45, 7) is 2.47. The van der Waals surface area contributed by atoms with E-state index in [1.165, 1.54) is 6.07 Å². The molecule has 4 aromatic rings. The van der Waals surface area contributed by atoms with Gasteiger partial charge in [-0.2, -0.15) is 4.98 Å².